The average molecular weight is 375 g/mol. The van der Waals surface area contributed by atoms with E-state index in [1.807, 2.05) is 19.1 Å². The van der Waals surface area contributed by atoms with Crippen molar-refractivity contribution in [1.82, 2.24) is 9.55 Å². The van der Waals surface area contributed by atoms with Gasteiger partial charge in [-0.1, -0.05) is 24.3 Å². The predicted octanol–water partition coefficient (Wildman–Crippen LogP) is 3.14. The summed E-state index contributed by atoms with van der Waals surface area (Å²) in [5.74, 6) is 0.380. The Balaban J connectivity index is 1.85. The molecule has 0 aliphatic rings. The van der Waals surface area contributed by atoms with E-state index in [9.17, 15) is 4.79 Å². The fraction of sp³-hybridized carbons (Fsp3) is 0.238. The quantitative estimate of drug-likeness (QED) is 0.371. The summed E-state index contributed by atoms with van der Waals surface area (Å²) in [6.45, 7) is 3.63. The predicted molar refractivity (Wildman–Crippen MR) is 109 cm³/mol. The van der Waals surface area contributed by atoms with E-state index in [4.69, 9.17) is 10.00 Å². The molecule has 1 heterocycles. The summed E-state index contributed by atoms with van der Waals surface area (Å²) < 4.78 is 6.95. The maximum atomic E-state index is 12.9. The number of aromatic nitrogens is 2. The van der Waals surface area contributed by atoms with Crippen LogP contribution in [0.15, 0.2) is 58.4 Å². The molecule has 1 aromatic heterocycles. The monoisotopic (exact) mass is 375 g/mol. The van der Waals surface area contributed by atoms with Gasteiger partial charge in [0.2, 0.25) is 5.95 Å². The molecule has 2 aromatic carbocycles. The average Bonchev–Trinajstić information content (AvgIpc) is 2.73. The second-order valence-corrected chi connectivity index (χ2v) is 6.06. The van der Waals surface area contributed by atoms with Crippen LogP contribution in [0.4, 0.5) is 5.95 Å². The topological polar surface area (TPSA) is 92.3 Å². The first-order valence-electron chi connectivity index (χ1n) is 9.09. The zero-order chi connectivity index (χ0) is 19.8. The molecule has 0 bridgehead atoms. The normalized spacial score (nSPS) is 11.0. The summed E-state index contributed by atoms with van der Waals surface area (Å²) in [6, 6.07) is 16.4. The molecule has 0 radical (unpaired) electrons. The number of para-hydroxylation sites is 1. The van der Waals surface area contributed by atoms with Gasteiger partial charge in [-0.25, -0.2) is 10.4 Å². The largest absolute Gasteiger partial charge is 0.382 e. The lowest BCUT2D eigenvalue weighted by molar-refractivity contribution is 0.141. The van der Waals surface area contributed by atoms with Crippen LogP contribution in [0.2, 0.25) is 0 Å². The number of benzene rings is 2. The van der Waals surface area contributed by atoms with Crippen molar-refractivity contribution in [3.63, 3.8) is 0 Å². The van der Waals surface area contributed by atoms with Crippen LogP contribution in [0.25, 0.3) is 10.9 Å². The summed E-state index contributed by atoms with van der Waals surface area (Å²) in [5.41, 5.74) is 4.80. The Morgan fingerprint density at radius 1 is 1.25 bits per heavy atom. The smallest absolute Gasteiger partial charge is 0.262 e. The molecular formula is C21H21N5O2. The lowest BCUT2D eigenvalue weighted by Crippen LogP contribution is -2.25. The van der Waals surface area contributed by atoms with Crippen molar-refractivity contribution in [2.45, 2.75) is 19.9 Å². The molecular weight excluding hydrogens is 354 g/mol. The number of hydrazone groups is 1. The molecule has 142 valence electrons. The molecule has 7 nitrogen and oxygen atoms in total. The van der Waals surface area contributed by atoms with E-state index < -0.39 is 0 Å². The summed E-state index contributed by atoms with van der Waals surface area (Å²) in [7, 11) is 0. The molecule has 0 unspecified atom stereocenters. The van der Waals surface area contributed by atoms with Gasteiger partial charge in [0.25, 0.3) is 5.56 Å². The number of fused-ring (bicyclic) bond motifs is 1. The number of nitrogens with zero attached hydrogens (tertiary/aromatic N) is 4. The molecule has 0 amide bonds. The number of rotatable bonds is 8. The van der Waals surface area contributed by atoms with Gasteiger partial charge in [-0.05, 0) is 43.2 Å². The van der Waals surface area contributed by atoms with E-state index in [1.165, 1.54) is 0 Å². The summed E-state index contributed by atoms with van der Waals surface area (Å²) >= 11 is 0. The van der Waals surface area contributed by atoms with Gasteiger partial charge < -0.3 is 4.74 Å². The number of ether oxygens (including phenoxy) is 1. The molecule has 0 atom stereocenters. The van der Waals surface area contributed by atoms with Crippen molar-refractivity contribution in [2.24, 2.45) is 5.10 Å². The van der Waals surface area contributed by atoms with Gasteiger partial charge in [0, 0.05) is 19.8 Å². The van der Waals surface area contributed by atoms with Crippen LogP contribution < -0.4 is 11.0 Å². The minimum absolute atomic E-state index is 0.113. The first kappa shape index (κ1) is 19.3. The molecule has 0 saturated heterocycles. The van der Waals surface area contributed by atoms with Crippen LogP contribution in [0, 0.1) is 11.3 Å². The third-order valence-corrected chi connectivity index (χ3v) is 4.15. The van der Waals surface area contributed by atoms with Gasteiger partial charge >= 0.3 is 0 Å². The second kappa shape index (κ2) is 9.44. The first-order chi connectivity index (χ1) is 13.7. The maximum Gasteiger partial charge on any atom is 0.262 e. The van der Waals surface area contributed by atoms with Gasteiger partial charge in [-0.15, -0.1) is 0 Å². The van der Waals surface area contributed by atoms with Gasteiger partial charge in [-0.3, -0.25) is 9.36 Å². The first-order valence-corrected chi connectivity index (χ1v) is 9.09. The maximum absolute atomic E-state index is 12.9. The van der Waals surface area contributed by atoms with Crippen molar-refractivity contribution in [3.8, 4) is 6.07 Å². The minimum Gasteiger partial charge on any atom is -0.382 e. The Labute approximate surface area is 162 Å². The number of hydrogen-bond acceptors (Lipinski definition) is 6. The molecule has 0 saturated carbocycles. The van der Waals surface area contributed by atoms with Crippen molar-refractivity contribution in [1.29, 1.82) is 5.26 Å². The third-order valence-electron chi connectivity index (χ3n) is 4.15. The lowest BCUT2D eigenvalue weighted by Gasteiger charge is -2.12. The van der Waals surface area contributed by atoms with Crippen molar-refractivity contribution < 1.29 is 4.74 Å². The van der Waals surface area contributed by atoms with Crippen molar-refractivity contribution >= 4 is 23.1 Å². The SMILES string of the molecule is CCOCCCn1c(N/N=C\c2ccc(C#N)cc2)nc2ccccc2c1=O. The lowest BCUT2D eigenvalue weighted by atomic mass is 10.2. The molecule has 0 aliphatic heterocycles. The van der Waals surface area contributed by atoms with E-state index in [-0.39, 0.29) is 5.56 Å². The number of nitrogens with one attached hydrogen (secondary N) is 1. The van der Waals surface area contributed by atoms with Gasteiger partial charge in [-0.2, -0.15) is 10.4 Å². The van der Waals surface area contributed by atoms with Crippen molar-refractivity contribution in [3.05, 3.63) is 70.0 Å². The van der Waals surface area contributed by atoms with Crippen LogP contribution >= 0.6 is 0 Å². The Bertz CT molecular complexity index is 1060. The number of hydrogen-bond donors (Lipinski definition) is 1. The number of anilines is 1. The zero-order valence-electron chi connectivity index (χ0n) is 15.6. The second-order valence-electron chi connectivity index (χ2n) is 6.06. The highest BCUT2D eigenvalue weighted by Crippen LogP contribution is 2.12. The molecule has 0 aliphatic carbocycles. The van der Waals surface area contributed by atoms with Crippen LogP contribution in [0.3, 0.4) is 0 Å². The summed E-state index contributed by atoms with van der Waals surface area (Å²) in [6.07, 6.45) is 2.31. The number of nitriles is 1. The molecule has 3 aromatic rings. The Kier molecular flexibility index (Phi) is 6.50. The molecule has 3 rings (SSSR count). The molecule has 28 heavy (non-hydrogen) atoms. The van der Waals surface area contributed by atoms with Gasteiger partial charge in [0.05, 0.1) is 28.8 Å². The van der Waals surface area contributed by atoms with E-state index in [2.05, 4.69) is 21.6 Å². The van der Waals surface area contributed by atoms with E-state index >= 15 is 0 Å². The van der Waals surface area contributed by atoms with E-state index in [0.29, 0.717) is 48.6 Å². The zero-order valence-corrected chi connectivity index (χ0v) is 15.6. The highest BCUT2D eigenvalue weighted by molar-refractivity contribution is 5.81. The summed E-state index contributed by atoms with van der Waals surface area (Å²) in [4.78, 5) is 17.4. The van der Waals surface area contributed by atoms with E-state index in [0.717, 1.165) is 5.56 Å². The highest BCUT2D eigenvalue weighted by atomic mass is 16.5. The Hall–Kier alpha value is -3.50. The standard InChI is InChI=1S/C21H21N5O2/c1-2-28-13-5-12-26-20(27)18-6-3-4-7-19(18)24-21(26)25-23-15-17-10-8-16(14-22)9-11-17/h3-4,6-11,15H,2,5,12-13H2,1H3,(H,24,25)/b23-15-. The van der Waals surface area contributed by atoms with E-state index in [1.54, 1.807) is 47.2 Å². The molecule has 0 fully saturated rings. The Morgan fingerprint density at radius 3 is 2.79 bits per heavy atom. The van der Waals surface area contributed by atoms with Crippen LogP contribution in [0.1, 0.15) is 24.5 Å². The van der Waals surface area contributed by atoms with Crippen LogP contribution in [0.5, 0.6) is 0 Å². The minimum atomic E-state index is -0.113. The molecule has 0 spiro atoms. The highest BCUT2D eigenvalue weighted by Gasteiger charge is 2.10. The van der Waals surface area contributed by atoms with Gasteiger partial charge in [0.1, 0.15) is 0 Å². The third kappa shape index (κ3) is 4.61. The summed E-state index contributed by atoms with van der Waals surface area (Å²) in [5, 5.41) is 13.6. The van der Waals surface area contributed by atoms with Gasteiger partial charge in [0.15, 0.2) is 0 Å². The fourth-order valence-corrected chi connectivity index (χ4v) is 2.74. The van der Waals surface area contributed by atoms with Crippen LogP contribution in [-0.2, 0) is 11.3 Å². The Morgan fingerprint density at radius 2 is 2.04 bits per heavy atom. The molecule has 1 N–H and O–H groups in total. The van der Waals surface area contributed by atoms with Crippen molar-refractivity contribution in [2.75, 3.05) is 18.6 Å². The fourth-order valence-electron chi connectivity index (χ4n) is 2.74. The molecule has 7 heteroatoms. The van der Waals surface area contributed by atoms with Crippen LogP contribution in [-0.4, -0.2) is 29.0 Å².